The van der Waals surface area contributed by atoms with Crippen LogP contribution in [0.5, 0.6) is 5.75 Å². The molecule has 138 valence electrons. The first-order chi connectivity index (χ1) is 11.5. The first-order valence-corrected chi connectivity index (χ1v) is 9.09. The molecular formula is C15H17F3N2O4S. The molecule has 2 aliphatic rings. The van der Waals surface area contributed by atoms with Gasteiger partial charge in [0.2, 0.25) is 5.91 Å². The minimum atomic E-state index is -5.71. The minimum Gasteiger partial charge on any atom is -0.376 e. The van der Waals surface area contributed by atoms with E-state index in [4.69, 9.17) is 0 Å². The highest BCUT2D eigenvalue weighted by molar-refractivity contribution is 7.88. The van der Waals surface area contributed by atoms with Crippen LogP contribution >= 0.6 is 0 Å². The number of hydrogen-bond donors (Lipinski definition) is 1. The maximum absolute atomic E-state index is 12.4. The molecular weight excluding hydrogens is 361 g/mol. The maximum atomic E-state index is 12.4. The van der Waals surface area contributed by atoms with E-state index in [1.54, 1.807) is 18.0 Å². The van der Waals surface area contributed by atoms with Gasteiger partial charge in [0, 0.05) is 19.6 Å². The summed E-state index contributed by atoms with van der Waals surface area (Å²) in [5.41, 5.74) is -5.55. The van der Waals surface area contributed by atoms with E-state index >= 15 is 0 Å². The van der Waals surface area contributed by atoms with E-state index in [2.05, 4.69) is 9.50 Å². The number of hydrogen-bond acceptors (Lipinski definition) is 5. The van der Waals surface area contributed by atoms with Crippen LogP contribution in [-0.2, 0) is 14.9 Å². The number of nitrogens with zero attached hydrogens (tertiary/aromatic N) is 1. The van der Waals surface area contributed by atoms with Crippen LogP contribution in [0.4, 0.5) is 13.2 Å². The molecule has 0 aliphatic carbocycles. The lowest BCUT2D eigenvalue weighted by atomic mass is 9.96. The van der Waals surface area contributed by atoms with E-state index < -0.39 is 26.9 Å². The van der Waals surface area contributed by atoms with Crippen LogP contribution in [0.3, 0.4) is 0 Å². The van der Waals surface area contributed by atoms with Crippen LogP contribution in [-0.4, -0.2) is 43.9 Å². The molecule has 25 heavy (non-hydrogen) atoms. The van der Waals surface area contributed by atoms with Gasteiger partial charge in [-0.05, 0) is 37.0 Å². The summed E-state index contributed by atoms with van der Waals surface area (Å²) in [5, 5.41) is 3.26. The topological polar surface area (TPSA) is 75.7 Å². The van der Waals surface area contributed by atoms with E-state index in [0.717, 1.165) is 6.07 Å². The fraction of sp³-hybridized carbons (Fsp3) is 0.533. The van der Waals surface area contributed by atoms with Gasteiger partial charge in [-0.25, -0.2) is 0 Å². The van der Waals surface area contributed by atoms with Crippen molar-refractivity contribution < 1.29 is 30.6 Å². The number of carbonyl (C=O) groups excluding carboxylic acids is 1. The summed E-state index contributed by atoms with van der Waals surface area (Å²) < 4.78 is 63.7. The van der Waals surface area contributed by atoms with E-state index in [9.17, 15) is 26.4 Å². The molecule has 1 N–H and O–H groups in total. The van der Waals surface area contributed by atoms with Gasteiger partial charge in [-0.15, -0.1) is 0 Å². The van der Waals surface area contributed by atoms with E-state index in [1.165, 1.54) is 12.1 Å². The van der Waals surface area contributed by atoms with Gasteiger partial charge in [-0.1, -0.05) is 12.1 Å². The van der Waals surface area contributed by atoms with Crippen LogP contribution < -0.4 is 9.50 Å². The van der Waals surface area contributed by atoms with Crippen molar-refractivity contribution in [2.45, 2.75) is 36.4 Å². The zero-order chi connectivity index (χ0) is 18.5. The SMILES string of the molecule is CN1CC[C@]2(CC[C@H](c3cccc(OS(=O)(=O)C(F)(F)F)c3)N2)C1=O. The average molecular weight is 378 g/mol. The summed E-state index contributed by atoms with van der Waals surface area (Å²) in [5.74, 6) is -0.408. The molecule has 0 unspecified atom stereocenters. The van der Waals surface area contributed by atoms with Gasteiger partial charge in [0.1, 0.15) is 11.3 Å². The predicted octanol–water partition coefficient (Wildman–Crippen LogP) is 1.94. The van der Waals surface area contributed by atoms with Gasteiger partial charge >= 0.3 is 15.6 Å². The summed E-state index contributed by atoms with van der Waals surface area (Å²) in [6, 6.07) is 5.22. The van der Waals surface area contributed by atoms with Crippen molar-refractivity contribution in [3.05, 3.63) is 29.8 Å². The zero-order valence-corrected chi connectivity index (χ0v) is 14.2. The molecule has 1 aromatic rings. The third-order valence-electron chi connectivity index (χ3n) is 4.69. The molecule has 2 saturated heterocycles. The second-order valence-corrected chi connectivity index (χ2v) is 7.89. The lowest BCUT2D eigenvalue weighted by molar-refractivity contribution is -0.131. The third-order valence-corrected chi connectivity index (χ3v) is 5.67. The van der Waals surface area contributed by atoms with Crippen molar-refractivity contribution in [3.63, 3.8) is 0 Å². The molecule has 0 aromatic heterocycles. The first kappa shape index (κ1) is 18.0. The van der Waals surface area contributed by atoms with Crippen LogP contribution in [0.2, 0.25) is 0 Å². The van der Waals surface area contributed by atoms with Crippen LogP contribution in [0, 0.1) is 0 Å². The van der Waals surface area contributed by atoms with Gasteiger partial charge in [0.25, 0.3) is 0 Å². The smallest absolute Gasteiger partial charge is 0.376 e. The predicted molar refractivity (Wildman–Crippen MR) is 82.1 cm³/mol. The molecule has 2 heterocycles. The van der Waals surface area contributed by atoms with Gasteiger partial charge in [-0.2, -0.15) is 21.6 Å². The summed E-state index contributed by atoms with van der Waals surface area (Å²) in [6.45, 7) is 0.644. The minimum absolute atomic E-state index is 0.00190. The Morgan fingerprint density at radius 3 is 2.64 bits per heavy atom. The highest BCUT2D eigenvalue weighted by Gasteiger charge is 2.50. The Morgan fingerprint density at radius 1 is 1.32 bits per heavy atom. The summed E-state index contributed by atoms with van der Waals surface area (Å²) >= 11 is 0. The van der Waals surface area contributed by atoms with Crippen molar-refractivity contribution in [1.82, 2.24) is 10.2 Å². The Labute approximate surface area is 143 Å². The van der Waals surface area contributed by atoms with Crippen LogP contribution in [0.25, 0.3) is 0 Å². The van der Waals surface area contributed by atoms with E-state index in [-0.39, 0.29) is 11.9 Å². The highest BCUT2D eigenvalue weighted by atomic mass is 32.2. The van der Waals surface area contributed by atoms with Gasteiger partial charge in [0.15, 0.2) is 0 Å². The number of likely N-dealkylation sites (N-methyl/N-ethyl adjacent to an activating group) is 1. The first-order valence-electron chi connectivity index (χ1n) is 7.68. The number of likely N-dealkylation sites (tertiary alicyclic amines) is 1. The third kappa shape index (κ3) is 3.20. The quantitative estimate of drug-likeness (QED) is 0.643. The maximum Gasteiger partial charge on any atom is 0.534 e. The normalized spacial score (nSPS) is 27.3. The molecule has 0 radical (unpaired) electrons. The molecule has 2 aliphatic heterocycles. The lowest BCUT2D eigenvalue weighted by Gasteiger charge is -2.23. The summed E-state index contributed by atoms with van der Waals surface area (Å²) in [7, 11) is -3.99. The van der Waals surface area contributed by atoms with E-state index in [1.807, 2.05) is 0 Å². The highest BCUT2D eigenvalue weighted by Crippen LogP contribution is 2.39. The molecule has 0 saturated carbocycles. The van der Waals surface area contributed by atoms with Crippen molar-refractivity contribution in [3.8, 4) is 5.75 Å². The van der Waals surface area contributed by atoms with Gasteiger partial charge < -0.3 is 9.08 Å². The van der Waals surface area contributed by atoms with Crippen molar-refractivity contribution >= 4 is 16.0 Å². The fourth-order valence-electron chi connectivity index (χ4n) is 3.37. The zero-order valence-electron chi connectivity index (χ0n) is 13.3. The van der Waals surface area contributed by atoms with Gasteiger partial charge in [-0.3, -0.25) is 10.1 Å². The number of amides is 1. The van der Waals surface area contributed by atoms with Crippen molar-refractivity contribution in [1.29, 1.82) is 0 Å². The largest absolute Gasteiger partial charge is 0.534 e. The lowest BCUT2D eigenvalue weighted by Crippen LogP contribution is -2.47. The van der Waals surface area contributed by atoms with Crippen molar-refractivity contribution in [2.75, 3.05) is 13.6 Å². The number of benzene rings is 1. The molecule has 2 atom stereocenters. The monoisotopic (exact) mass is 378 g/mol. The second kappa shape index (κ2) is 5.87. The molecule has 0 bridgehead atoms. The second-order valence-electron chi connectivity index (χ2n) is 6.35. The number of rotatable bonds is 3. The number of alkyl halides is 3. The molecule has 6 nitrogen and oxygen atoms in total. The molecule has 2 fully saturated rings. The molecule has 10 heteroatoms. The number of halogens is 3. The molecule has 3 rings (SSSR count). The van der Waals surface area contributed by atoms with E-state index in [0.29, 0.717) is 31.4 Å². The number of carbonyl (C=O) groups is 1. The summed E-state index contributed by atoms with van der Waals surface area (Å²) in [6.07, 6.45) is 1.90. The number of nitrogens with one attached hydrogen (secondary N) is 1. The Hall–Kier alpha value is -1.81. The Morgan fingerprint density at radius 2 is 2.04 bits per heavy atom. The van der Waals surface area contributed by atoms with Crippen LogP contribution in [0.1, 0.15) is 30.9 Å². The molecule has 1 spiro atoms. The standard InChI is InChI=1S/C15H17F3N2O4S/c1-20-8-7-14(13(20)21)6-5-12(19-14)10-3-2-4-11(9-10)24-25(22,23)15(16,17)18/h2-4,9,12,19H,5-8H2,1H3/t12-,14-/m1/s1. The fourth-order valence-corrected chi connectivity index (χ4v) is 3.83. The Balaban J connectivity index is 1.78. The molecule has 1 aromatic carbocycles. The Bertz CT molecular complexity index is 796. The summed E-state index contributed by atoms with van der Waals surface area (Å²) in [4.78, 5) is 13.9. The van der Waals surface area contributed by atoms with Gasteiger partial charge in [0.05, 0.1) is 0 Å². The van der Waals surface area contributed by atoms with Crippen LogP contribution in [0.15, 0.2) is 24.3 Å². The average Bonchev–Trinajstić information content (AvgIpc) is 3.07. The Kier molecular flexibility index (Phi) is 4.23. The molecule has 1 amide bonds. The van der Waals surface area contributed by atoms with Crippen molar-refractivity contribution in [2.24, 2.45) is 0 Å².